The summed E-state index contributed by atoms with van der Waals surface area (Å²) in [5, 5.41) is 16.7. The molecule has 17 heavy (non-hydrogen) atoms. The fourth-order valence-electron chi connectivity index (χ4n) is 1.87. The van der Waals surface area contributed by atoms with Crippen LogP contribution >= 0.6 is 11.3 Å². The van der Waals surface area contributed by atoms with Crippen LogP contribution in [0.5, 0.6) is 0 Å². The van der Waals surface area contributed by atoms with E-state index in [9.17, 15) is 9.59 Å². The number of nitrogens with one attached hydrogen (secondary N) is 2. The molecule has 1 unspecified atom stereocenters. The Kier molecular flexibility index (Phi) is 3.75. The first-order chi connectivity index (χ1) is 8.16. The molecule has 1 aliphatic heterocycles. The van der Waals surface area contributed by atoms with Gasteiger partial charge in [0.1, 0.15) is 4.88 Å². The Morgan fingerprint density at radius 1 is 1.65 bits per heavy atom. The second-order valence-electron chi connectivity index (χ2n) is 4.01. The molecule has 1 saturated heterocycles. The van der Waals surface area contributed by atoms with Gasteiger partial charge in [0.25, 0.3) is 0 Å². The first kappa shape index (κ1) is 12.1. The van der Waals surface area contributed by atoms with Crippen LogP contribution in [0.15, 0.2) is 11.4 Å². The highest BCUT2D eigenvalue weighted by molar-refractivity contribution is 7.12. The predicted molar refractivity (Wildman–Crippen MR) is 64.1 cm³/mol. The van der Waals surface area contributed by atoms with Crippen LogP contribution in [0.4, 0.5) is 0 Å². The van der Waals surface area contributed by atoms with Crippen LogP contribution in [0.1, 0.15) is 28.1 Å². The van der Waals surface area contributed by atoms with Crippen molar-refractivity contribution in [1.82, 2.24) is 10.6 Å². The van der Waals surface area contributed by atoms with Crippen molar-refractivity contribution >= 4 is 23.2 Å². The molecule has 3 N–H and O–H groups in total. The quantitative estimate of drug-likeness (QED) is 0.726. The maximum absolute atomic E-state index is 11.0. The normalized spacial score (nSPS) is 19.3. The highest BCUT2D eigenvalue weighted by Crippen LogP contribution is 2.16. The number of aromatic carboxylic acids is 1. The third kappa shape index (κ3) is 3.04. The van der Waals surface area contributed by atoms with E-state index in [1.54, 1.807) is 5.38 Å². The molecule has 1 aromatic rings. The van der Waals surface area contributed by atoms with E-state index in [0.717, 1.165) is 12.0 Å². The molecule has 6 heteroatoms. The molecule has 2 rings (SSSR count). The van der Waals surface area contributed by atoms with E-state index >= 15 is 0 Å². The first-order valence-electron chi connectivity index (χ1n) is 5.46. The van der Waals surface area contributed by atoms with Crippen LogP contribution in [0.3, 0.4) is 0 Å². The average Bonchev–Trinajstić information content (AvgIpc) is 2.87. The Labute approximate surface area is 103 Å². The van der Waals surface area contributed by atoms with Gasteiger partial charge in [0.05, 0.1) is 0 Å². The molecule has 5 nitrogen and oxygen atoms in total. The molecular formula is C11H14N2O3S. The molecule has 0 saturated carbocycles. The number of carboxylic acid groups (broad SMARTS) is 1. The van der Waals surface area contributed by atoms with E-state index in [1.807, 2.05) is 6.07 Å². The topological polar surface area (TPSA) is 78.4 Å². The summed E-state index contributed by atoms with van der Waals surface area (Å²) in [5.41, 5.74) is 0.798. The van der Waals surface area contributed by atoms with E-state index in [2.05, 4.69) is 10.6 Å². The van der Waals surface area contributed by atoms with Crippen molar-refractivity contribution in [2.75, 3.05) is 6.54 Å². The van der Waals surface area contributed by atoms with Crippen molar-refractivity contribution in [3.63, 3.8) is 0 Å². The van der Waals surface area contributed by atoms with E-state index < -0.39 is 5.97 Å². The van der Waals surface area contributed by atoms with Crippen LogP contribution < -0.4 is 10.6 Å². The maximum atomic E-state index is 11.0. The summed E-state index contributed by atoms with van der Waals surface area (Å²) in [6.07, 6.45) is 1.44. The average molecular weight is 254 g/mol. The monoisotopic (exact) mass is 254 g/mol. The minimum Gasteiger partial charge on any atom is -0.477 e. The second kappa shape index (κ2) is 5.29. The third-order valence-corrected chi connectivity index (χ3v) is 3.68. The van der Waals surface area contributed by atoms with Crippen molar-refractivity contribution in [2.45, 2.75) is 25.4 Å². The van der Waals surface area contributed by atoms with Gasteiger partial charge in [-0.05, 0) is 23.4 Å². The van der Waals surface area contributed by atoms with Gasteiger partial charge in [-0.3, -0.25) is 4.79 Å². The standard InChI is InChI=1S/C11H14N2O3S/c14-9-2-1-8(13-9)6-12-5-7-3-4-17-10(7)11(15)16/h3-4,8,12H,1-2,5-6H2,(H,13,14)(H,15,16). The number of rotatable bonds is 5. The highest BCUT2D eigenvalue weighted by atomic mass is 32.1. The molecule has 0 aliphatic carbocycles. The molecule has 0 bridgehead atoms. The Morgan fingerprint density at radius 2 is 2.47 bits per heavy atom. The number of amides is 1. The molecule has 1 fully saturated rings. The molecule has 1 atom stereocenters. The summed E-state index contributed by atoms with van der Waals surface area (Å²) >= 11 is 1.23. The van der Waals surface area contributed by atoms with Gasteiger partial charge in [-0.2, -0.15) is 0 Å². The molecule has 0 aromatic carbocycles. The van der Waals surface area contributed by atoms with Crippen LogP contribution in [-0.2, 0) is 11.3 Å². The Hall–Kier alpha value is -1.40. The van der Waals surface area contributed by atoms with Gasteiger partial charge in [-0.15, -0.1) is 11.3 Å². The van der Waals surface area contributed by atoms with Crippen molar-refractivity contribution in [1.29, 1.82) is 0 Å². The van der Waals surface area contributed by atoms with Crippen molar-refractivity contribution in [3.05, 3.63) is 21.9 Å². The van der Waals surface area contributed by atoms with E-state index in [1.165, 1.54) is 11.3 Å². The third-order valence-electron chi connectivity index (χ3n) is 2.73. The highest BCUT2D eigenvalue weighted by Gasteiger charge is 2.20. The number of thiophene rings is 1. The van der Waals surface area contributed by atoms with Crippen molar-refractivity contribution < 1.29 is 14.7 Å². The Bertz CT molecular complexity index is 430. The van der Waals surface area contributed by atoms with E-state index in [0.29, 0.717) is 24.4 Å². The van der Waals surface area contributed by atoms with E-state index in [4.69, 9.17) is 5.11 Å². The van der Waals surface area contributed by atoms with Gasteiger partial charge in [0, 0.05) is 25.6 Å². The Balaban J connectivity index is 1.80. The number of hydrogen-bond acceptors (Lipinski definition) is 4. The summed E-state index contributed by atoms with van der Waals surface area (Å²) in [6.45, 7) is 1.21. The van der Waals surface area contributed by atoms with Gasteiger partial charge >= 0.3 is 5.97 Å². The molecule has 1 aliphatic rings. The molecule has 2 heterocycles. The van der Waals surface area contributed by atoms with Gasteiger partial charge in [-0.1, -0.05) is 0 Å². The summed E-state index contributed by atoms with van der Waals surface area (Å²) in [7, 11) is 0. The lowest BCUT2D eigenvalue weighted by Crippen LogP contribution is -2.35. The minimum atomic E-state index is -0.883. The van der Waals surface area contributed by atoms with Crippen molar-refractivity contribution in [2.24, 2.45) is 0 Å². The van der Waals surface area contributed by atoms with Crippen LogP contribution in [0.2, 0.25) is 0 Å². The minimum absolute atomic E-state index is 0.0959. The summed E-state index contributed by atoms with van der Waals surface area (Å²) < 4.78 is 0. The lowest BCUT2D eigenvalue weighted by atomic mass is 10.2. The maximum Gasteiger partial charge on any atom is 0.346 e. The van der Waals surface area contributed by atoms with Gasteiger partial charge in [-0.25, -0.2) is 4.79 Å². The zero-order valence-electron chi connectivity index (χ0n) is 9.23. The summed E-state index contributed by atoms with van der Waals surface area (Å²) in [4.78, 5) is 22.2. The van der Waals surface area contributed by atoms with Crippen molar-refractivity contribution in [3.8, 4) is 0 Å². The first-order valence-corrected chi connectivity index (χ1v) is 6.34. The van der Waals surface area contributed by atoms with Gasteiger partial charge in [0.2, 0.25) is 5.91 Å². The Morgan fingerprint density at radius 3 is 3.12 bits per heavy atom. The summed E-state index contributed by atoms with van der Waals surface area (Å²) in [5.74, 6) is -0.787. The van der Waals surface area contributed by atoms with Gasteiger partial charge < -0.3 is 15.7 Å². The summed E-state index contributed by atoms with van der Waals surface area (Å²) in [6, 6.07) is 1.99. The number of carbonyl (C=O) groups is 2. The van der Waals surface area contributed by atoms with E-state index in [-0.39, 0.29) is 11.9 Å². The SMILES string of the molecule is O=C1CCC(CNCc2ccsc2C(=O)O)N1. The lowest BCUT2D eigenvalue weighted by molar-refractivity contribution is -0.119. The van der Waals surface area contributed by atoms with Gasteiger partial charge in [0.15, 0.2) is 0 Å². The number of carbonyl (C=O) groups excluding carboxylic acids is 1. The zero-order valence-corrected chi connectivity index (χ0v) is 10.0. The molecule has 0 spiro atoms. The molecular weight excluding hydrogens is 240 g/mol. The van der Waals surface area contributed by atoms with Crippen LogP contribution in [0, 0.1) is 0 Å². The van der Waals surface area contributed by atoms with Crippen LogP contribution in [-0.4, -0.2) is 29.6 Å². The zero-order chi connectivity index (χ0) is 12.3. The molecule has 1 aromatic heterocycles. The fourth-order valence-corrected chi connectivity index (χ4v) is 2.63. The fraction of sp³-hybridized carbons (Fsp3) is 0.455. The lowest BCUT2D eigenvalue weighted by Gasteiger charge is -2.10. The predicted octanol–water partition coefficient (Wildman–Crippen LogP) is 0.815. The smallest absolute Gasteiger partial charge is 0.346 e. The number of hydrogen-bond donors (Lipinski definition) is 3. The molecule has 92 valence electrons. The largest absolute Gasteiger partial charge is 0.477 e. The van der Waals surface area contributed by atoms with Crippen LogP contribution in [0.25, 0.3) is 0 Å². The second-order valence-corrected chi connectivity index (χ2v) is 4.93. The molecule has 1 amide bonds. The molecule has 0 radical (unpaired) electrons. The number of carboxylic acids is 1.